The zero-order chi connectivity index (χ0) is 19.2. The molecule has 1 aliphatic heterocycles. The number of carbonyl (C=O) groups is 2. The van der Waals surface area contributed by atoms with Crippen molar-refractivity contribution in [2.24, 2.45) is 11.3 Å². The molecule has 0 atom stereocenters. The summed E-state index contributed by atoms with van der Waals surface area (Å²) >= 11 is 0. The SMILES string of the molecule is CN(C)CC(C)(C)CNC(=O)C1CCN(C(=O)/C=C/c2ccco2)CC1. The molecule has 0 spiro atoms. The molecule has 144 valence electrons. The van der Waals surface area contributed by atoms with Gasteiger partial charge in [-0.25, -0.2) is 0 Å². The molecule has 0 radical (unpaired) electrons. The topological polar surface area (TPSA) is 65.8 Å². The smallest absolute Gasteiger partial charge is 0.246 e. The second-order valence-corrected chi connectivity index (χ2v) is 8.07. The summed E-state index contributed by atoms with van der Waals surface area (Å²) in [7, 11) is 4.08. The number of nitrogens with zero attached hydrogens (tertiary/aromatic N) is 2. The summed E-state index contributed by atoms with van der Waals surface area (Å²) in [6.07, 6.45) is 6.20. The van der Waals surface area contributed by atoms with Gasteiger partial charge in [-0.2, -0.15) is 0 Å². The monoisotopic (exact) mass is 361 g/mol. The highest BCUT2D eigenvalue weighted by Crippen LogP contribution is 2.19. The van der Waals surface area contributed by atoms with Gasteiger partial charge in [-0.15, -0.1) is 0 Å². The van der Waals surface area contributed by atoms with Crippen LogP contribution in [0.2, 0.25) is 0 Å². The maximum absolute atomic E-state index is 12.4. The van der Waals surface area contributed by atoms with Gasteiger partial charge in [0.15, 0.2) is 0 Å². The van der Waals surface area contributed by atoms with Gasteiger partial charge in [0, 0.05) is 38.2 Å². The van der Waals surface area contributed by atoms with E-state index >= 15 is 0 Å². The standard InChI is InChI=1S/C20H31N3O3/c1-20(2,15-22(3)4)14-21-19(25)16-9-11-23(12-10-16)18(24)8-7-17-6-5-13-26-17/h5-8,13,16H,9-12,14-15H2,1-4H3,(H,21,25)/b8-7+. The number of hydrogen-bond donors (Lipinski definition) is 1. The normalized spacial score (nSPS) is 16.4. The molecule has 6 heteroatoms. The van der Waals surface area contributed by atoms with E-state index in [1.54, 1.807) is 29.4 Å². The van der Waals surface area contributed by atoms with Crippen LogP contribution < -0.4 is 5.32 Å². The summed E-state index contributed by atoms with van der Waals surface area (Å²) in [4.78, 5) is 28.6. The molecule has 0 bridgehead atoms. The highest BCUT2D eigenvalue weighted by Gasteiger charge is 2.28. The lowest BCUT2D eigenvalue weighted by Crippen LogP contribution is -2.45. The maximum atomic E-state index is 12.4. The lowest BCUT2D eigenvalue weighted by atomic mass is 9.91. The van der Waals surface area contributed by atoms with Crippen LogP contribution in [-0.2, 0) is 9.59 Å². The van der Waals surface area contributed by atoms with Gasteiger partial charge in [0.25, 0.3) is 0 Å². The third-order valence-corrected chi connectivity index (χ3v) is 4.60. The van der Waals surface area contributed by atoms with E-state index in [0.717, 1.165) is 6.54 Å². The van der Waals surface area contributed by atoms with E-state index in [-0.39, 0.29) is 23.1 Å². The molecule has 0 unspecified atom stereocenters. The Morgan fingerprint density at radius 1 is 1.35 bits per heavy atom. The van der Waals surface area contributed by atoms with Crippen LogP contribution in [0.3, 0.4) is 0 Å². The second kappa shape index (κ2) is 9.03. The highest BCUT2D eigenvalue weighted by atomic mass is 16.3. The molecule has 0 aliphatic carbocycles. The van der Waals surface area contributed by atoms with E-state index in [1.807, 2.05) is 14.1 Å². The largest absolute Gasteiger partial charge is 0.465 e. The fourth-order valence-electron chi connectivity index (χ4n) is 3.39. The number of carbonyl (C=O) groups excluding carboxylic acids is 2. The summed E-state index contributed by atoms with van der Waals surface area (Å²) in [6, 6.07) is 3.59. The minimum absolute atomic E-state index is 0.0109. The number of hydrogen-bond acceptors (Lipinski definition) is 4. The highest BCUT2D eigenvalue weighted by molar-refractivity contribution is 5.91. The summed E-state index contributed by atoms with van der Waals surface area (Å²) in [5.74, 6) is 0.721. The zero-order valence-corrected chi connectivity index (χ0v) is 16.3. The Balaban J connectivity index is 1.75. The van der Waals surface area contributed by atoms with Crippen molar-refractivity contribution in [3.05, 3.63) is 30.2 Å². The first-order chi connectivity index (χ1) is 12.3. The van der Waals surface area contributed by atoms with Crippen LogP contribution >= 0.6 is 0 Å². The van der Waals surface area contributed by atoms with E-state index in [9.17, 15) is 9.59 Å². The average molecular weight is 361 g/mol. The van der Waals surface area contributed by atoms with Gasteiger partial charge >= 0.3 is 0 Å². The Hall–Kier alpha value is -2.08. The Bertz CT molecular complexity index is 612. The lowest BCUT2D eigenvalue weighted by molar-refractivity contribution is -0.132. The van der Waals surface area contributed by atoms with Crippen molar-refractivity contribution in [1.82, 2.24) is 15.1 Å². The van der Waals surface area contributed by atoms with Gasteiger partial charge in [-0.1, -0.05) is 13.8 Å². The van der Waals surface area contributed by atoms with E-state index in [1.165, 1.54) is 6.08 Å². The predicted molar refractivity (Wildman–Crippen MR) is 102 cm³/mol. The van der Waals surface area contributed by atoms with Crippen LogP contribution in [0.1, 0.15) is 32.4 Å². The minimum Gasteiger partial charge on any atom is -0.465 e. The molecule has 1 fully saturated rings. The van der Waals surface area contributed by atoms with E-state index in [0.29, 0.717) is 38.2 Å². The van der Waals surface area contributed by atoms with Gasteiger partial charge in [-0.3, -0.25) is 9.59 Å². The molecule has 1 aromatic heterocycles. The van der Waals surface area contributed by atoms with Crippen molar-refractivity contribution in [2.75, 3.05) is 40.3 Å². The number of nitrogens with one attached hydrogen (secondary N) is 1. The first-order valence-electron chi connectivity index (χ1n) is 9.20. The number of likely N-dealkylation sites (tertiary alicyclic amines) is 1. The van der Waals surface area contributed by atoms with Crippen LogP contribution in [0.5, 0.6) is 0 Å². The maximum Gasteiger partial charge on any atom is 0.246 e. The third kappa shape index (κ3) is 6.33. The number of furan rings is 1. The quantitative estimate of drug-likeness (QED) is 0.757. The fourth-order valence-corrected chi connectivity index (χ4v) is 3.39. The molecule has 26 heavy (non-hydrogen) atoms. The van der Waals surface area contributed by atoms with Gasteiger partial charge in [0.1, 0.15) is 5.76 Å². The zero-order valence-electron chi connectivity index (χ0n) is 16.3. The molecular formula is C20H31N3O3. The van der Waals surface area contributed by atoms with Crippen molar-refractivity contribution < 1.29 is 14.0 Å². The number of amides is 2. The molecule has 1 aromatic rings. The van der Waals surface area contributed by atoms with Crippen LogP contribution in [0.15, 0.2) is 28.9 Å². The first-order valence-corrected chi connectivity index (χ1v) is 9.20. The predicted octanol–water partition coefficient (Wildman–Crippen LogP) is 2.24. The summed E-state index contributed by atoms with van der Waals surface area (Å²) in [5, 5.41) is 3.09. The van der Waals surface area contributed by atoms with Crippen molar-refractivity contribution in [3.63, 3.8) is 0 Å². The van der Waals surface area contributed by atoms with Crippen molar-refractivity contribution in [1.29, 1.82) is 0 Å². The average Bonchev–Trinajstić information content (AvgIpc) is 3.10. The van der Waals surface area contributed by atoms with Crippen molar-refractivity contribution in [2.45, 2.75) is 26.7 Å². The van der Waals surface area contributed by atoms with Gasteiger partial charge in [0.2, 0.25) is 11.8 Å². The molecule has 0 saturated carbocycles. The van der Waals surface area contributed by atoms with Crippen molar-refractivity contribution in [3.8, 4) is 0 Å². The Kier molecular flexibility index (Phi) is 7.03. The van der Waals surface area contributed by atoms with Gasteiger partial charge in [0.05, 0.1) is 6.26 Å². The molecule has 2 heterocycles. The van der Waals surface area contributed by atoms with Gasteiger partial charge in [-0.05, 0) is 50.6 Å². The molecule has 6 nitrogen and oxygen atoms in total. The van der Waals surface area contributed by atoms with E-state index < -0.39 is 0 Å². The van der Waals surface area contributed by atoms with E-state index in [4.69, 9.17) is 4.42 Å². The molecule has 2 rings (SSSR count). The third-order valence-electron chi connectivity index (χ3n) is 4.60. The van der Waals surface area contributed by atoms with Gasteiger partial charge < -0.3 is 19.5 Å². The molecule has 1 aliphatic rings. The minimum atomic E-state index is -0.0348. The summed E-state index contributed by atoms with van der Waals surface area (Å²) in [5.41, 5.74) is 0.0342. The second-order valence-electron chi connectivity index (χ2n) is 8.07. The molecule has 0 aromatic carbocycles. The Morgan fingerprint density at radius 2 is 2.04 bits per heavy atom. The fraction of sp³-hybridized carbons (Fsp3) is 0.600. The summed E-state index contributed by atoms with van der Waals surface area (Å²) in [6.45, 7) is 7.11. The Labute approximate surface area is 156 Å². The van der Waals surface area contributed by atoms with Crippen molar-refractivity contribution >= 4 is 17.9 Å². The number of piperidine rings is 1. The first kappa shape index (κ1) is 20.2. The summed E-state index contributed by atoms with van der Waals surface area (Å²) < 4.78 is 5.18. The van der Waals surface area contributed by atoms with Crippen LogP contribution in [0.25, 0.3) is 6.08 Å². The molecular weight excluding hydrogens is 330 g/mol. The number of rotatable bonds is 7. The Morgan fingerprint density at radius 3 is 2.62 bits per heavy atom. The lowest BCUT2D eigenvalue weighted by Gasteiger charge is -2.32. The van der Waals surface area contributed by atoms with Crippen LogP contribution in [0, 0.1) is 11.3 Å². The van der Waals surface area contributed by atoms with E-state index in [2.05, 4.69) is 24.1 Å². The van der Waals surface area contributed by atoms with Crippen LogP contribution in [-0.4, -0.2) is 61.9 Å². The molecule has 1 saturated heterocycles. The molecule has 2 amide bonds. The van der Waals surface area contributed by atoms with Crippen LogP contribution in [0.4, 0.5) is 0 Å². The molecule has 1 N–H and O–H groups in total.